The molecule has 4 aromatic rings. The highest BCUT2D eigenvalue weighted by Crippen LogP contribution is 2.28. The molecule has 35 heavy (non-hydrogen) atoms. The van der Waals surface area contributed by atoms with Crippen molar-refractivity contribution in [2.45, 2.75) is 17.9 Å². The Morgan fingerprint density at radius 1 is 0.857 bits per heavy atom. The summed E-state index contributed by atoms with van der Waals surface area (Å²) in [7, 11) is -3.66. The molecule has 0 amide bonds. The molecule has 0 radical (unpaired) electrons. The van der Waals surface area contributed by atoms with Crippen molar-refractivity contribution in [3.8, 4) is 0 Å². The fourth-order valence-electron chi connectivity index (χ4n) is 4.29. The number of fused-ring (bicyclic) bond motifs is 1. The van der Waals surface area contributed by atoms with E-state index >= 15 is 0 Å². The number of halogens is 1. The van der Waals surface area contributed by atoms with E-state index in [1.165, 1.54) is 28.6 Å². The minimum Gasteiger partial charge on any atom is -0.340 e. The van der Waals surface area contributed by atoms with Gasteiger partial charge in [-0.1, -0.05) is 30.3 Å². The van der Waals surface area contributed by atoms with E-state index in [9.17, 15) is 12.8 Å². The fraction of sp³-hybridized carbons (Fsp3) is 0.231. The van der Waals surface area contributed by atoms with Crippen LogP contribution in [0.1, 0.15) is 18.8 Å². The van der Waals surface area contributed by atoms with Crippen molar-refractivity contribution in [3.05, 3.63) is 90.5 Å². The van der Waals surface area contributed by atoms with E-state index in [4.69, 9.17) is 9.97 Å². The van der Waals surface area contributed by atoms with Crippen molar-refractivity contribution in [1.82, 2.24) is 19.2 Å². The molecule has 7 nitrogen and oxygen atoms in total. The van der Waals surface area contributed by atoms with Crippen LogP contribution in [0.4, 0.5) is 15.9 Å². The largest absolute Gasteiger partial charge is 0.340 e. The Balaban J connectivity index is 1.35. The Bertz CT molecular complexity index is 1420. The number of anilines is 2. The summed E-state index contributed by atoms with van der Waals surface area (Å²) in [6, 6.07) is 22.6. The number of aromatic nitrogens is 2. The topological polar surface area (TPSA) is 78.4 Å². The predicted molar refractivity (Wildman–Crippen MR) is 134 cm³/mol. The molecule has 0 saturated carbocycles. The maximum atomic E-state index is 13.2. The van der Waals surface area contributed by atoms with Gasteiger partial charge in [-0.15, -0.1) is 0 Å². The van der Waals surface area contributed by atoms with E-state index in [0.29, 0.717) is 32.0 Å². The number of benzene rings is 3. The number of piperazine rings is 1. The van der Waals surface area contributed by atoms with Gasteiger partial charge in [-0.3, -0.25) is 4.90 Å². The summed E-state index contributed by atoms with van der Waals surface area (Å²) in [4.78, 5) is 12.0. The van der Waals surface area contributed by atoms with Crippen LogP contribution in [0.3, 0.4) is 0 Å². The molecule has 0 bridgehead atoms. The summed E-state index contributed by atoms with van der Waals surface area (Å²) < 4.78 is 40.6. The Morgan fingerprint density at radius 2 is 1.51 bits per heavy atom. The number of hydrogen-bond acceptors (Lipinski definition) is 6. The minimum atomic E-state index is -3.66. The number of nitrogens with one attached hydrogen (secondary N) is 1. The second-order valence-electron chi connectivity index (χ2n) is 8.51. The Kier molecular flexibility index (Phi) is 6.46. The first-order chi connectivity index (χ1) is 16.9. The summed E-state index contributed by atoms with van der Waals surface area (Å²) in [5.41, 5.74) is 1.79. The fourth-order valence-corrected chi connectivity index (χ4v) is 5.71. The molecule has 1 N–H and O–H groups in total. The third-order valence-electron chi connectivity index (χ3n) is 6.30. The second kappa shape index (κ2) is 9.69. The number of para-hydroxylation sites is 2. The van der Waals surface area contributed by atoms with Gasteiger partial charge in [0, 0.05) is 37.3 Å². The zero-order chi connectivity index (χ0) is 24.4. The summed E-state index contributed by atoms with van der Waals surface area (Å²) in [6.45, 7) is 3.80. The molecule has 0 unspecified atom stereocenters. The Hall–Kier alpha value is -3.40. The average molecular weight is 492 g/mol. The first-order valence-corrected chi connectivity index (χ1v) is 12.9. The molecule has 0 aliphatic carbocycles. The van der Waals surface area contributed by atoms with Gasteiger partial charge in [-0.05, 0) is 55.5 Å². The van der Waals surface area contributed by atoms with Crippen molar-refractivity contribution >= 4 is 32.4 Å². The highest BCUT2D eigenvalue weighted by molar-refractivity contribution is 7.89. The van der Waals surface area contributed by atoms with Crippen molar-refractivity contribution in [3.63, 3.8) is 0 Å². The van der Waals surface area contributed by atoms with E-state index < -0.39 is 15.8 Å². The van der Waals surface area contributed by atoms with Crippen LogP contribution >= 0.6 is 0 Å². The van der Waals surface area contributed by atoms with Crippen molar-refractivity contribution in [2.75, 3.05) is 31.5 Å². The summed E-state index contributed by atoms with van der Waals surface area (Å²) >= 11 is 0. The van der Waals surface area contributed by atoms with Gasteiger partial charge in [0.15, 0.2) is 0 Å². The highest BCUT2D eigenvalue weighted by atomic mass is 32.2. The highest BCUT2D eigenvalue weighted by Gasteiger charge is 2.31. The Labute approximate surface area is 204 Å². The van der Waals surface area contributed by atoms with Crippen LogP contribution in [0.2, 0.25) is 0 Å². The second-order valence-corrected chi connectivity index (χ2v) is 10.4. The lowest BCUT2D eigenvalue weighted by molar-refractivity contribution is 0.141. The molecular formula is C26H26FN5O2S. The lowest BCUT2D eigenvalue weighted by Crippen LogP contribution is -2.49. The van der Waals surface area contributed by atoms with Gasteiger partial charge in [-0.25, -0.2) is 22.8 Å². The molecule has 3 aromatic carbocycles. The van der Waals surface area contributed by atoms with Gasteiger partial charge in [0.05, 0.1) is 16.5 Å². The zero-order valence-electron chi connectivity index (χ0n) is 19.3. The lowest BCUT2D eigenvalue weighted by Gasteiger charge is -2.36. The monoisotopic (exact) mass is 491 g/mol. The van der Waals surface area contributed by atoms with E-state index in [2.05, 4.69) is 10.2 Å². The van der Waals surface area contributed by atoms with Crippen molar-refractivity contribution in [1.29, 1.82) is 0 Å². The Morgan fingerprint density at radius 3 is 2.23 bits per heavy atom. The molecule has 1 aliphatic rings. The van der Waals surface area contributed by atoms with Crippen LogP contribution in [0.5, 0.6) is 0 Å². The first-order valence-electron chi connectivity index (χ1n) is 11.5. The van der Waals surface area contributed by atoms with Gasteiger partial charge in [0.2, 0.25) is 10.0 Å². The van der Waals surface area contributed by atoms with Crippen LogP contribution in [0.25, 0.3) is 10.9 Å². The van der Waals surface area contributed by atoms with Gasteiger partial charge in [0.25, 0.3) is 0 Å². The zero-order valence-corrected chi connectivity index (χ0v) is 20.1. The molecule has 2 heterocycles. The third kappa shape index (κ3) is 4.88. The van der Waals surface area contributed by atoms with Crippen molar-refractivity contribution < 1.29 is 12.8 Å². The SMILES string of the molecule is C[C@H](c1nc(Nc2ccccc2)c2ccccc2n1)N1CCN(S(=O)(=O)c2ccc(F)cc2)CC1. The van der Waals surface area contributed by atoms with Gasteiger partial charge >= 0.3 is 0 Å². The van der Waals surface area contributed by atoms with Crippen molar-refractivity contribution in [2.24, 2.45) is 0 Å². The smallest absolute Gasteiger partial charge is 0.243 e. The van der Waals surface area contributed by atoms with E-state index in [1.54, 1.807) is 0 Å². The first kappa shape index (κ1) is 23.3. The maximum absolute atomic E-state index is 13.2. The molecule has 1 fully saturated rings. The molecule has 0 spiro atoms. The molecule has 1 aromatic heterocycles. The van der Waals surface area contributed by atoms with Crippen LogP contribution in [-0.4, -0.2) is 53.8 Å². The van der Waals surface area contributed by atoms with Crippen LogP contribution < -0.4 is 5.32 Å². The lowest BCUT2D eigenvalue weighted by atomic mass is 10.2. The summed E-state index contributed by atoms with van der Waals surface area (Å²) in [5.74, 6) is 0.956. The van der Waals surface area contributed by atoms with Gasteiger partial charge in [0.1, 0.15) is 17.5 Å². The minimum absolute atomic E-state index is 0.105. The third-order valence-corrected chi connectivity index (χ3v) is 8.22. The number of sulfonamides is 1. The molecular weight excluding hydrogens is 465 g/mol. The van der Waals surface area contributed by atoms with Crippen LogP contribution in [0, 0.1) is 5.82 Å². The average Bonchev–Trinajstić information content (AvgIpc) is 2.89. The molecule has 1 saturated heterocycles. The normalized spacial score (nSPS) is 16.3. The standard InChI is InChI=1S/C26H26FN5O2S/c1-19(31-15-17-32(18-16-31)35(33,34)22-13-11-20(27)12-14-22)25-29-24-10-6-5-9-23(24)26(30-25)28-21-7-3-2-4-8-21/h2-14,19H,15-18H2,1H3,(H,28,29,30)/t19-/m1/s1. The molecule has 5 rings (SSSR count). The molecule has 1 aliphatic heterocycles. The predicted octanol–water partition coefficient (Wildman–Crippen LogP) is 4.58. The van der Waals surface area contributed by atoms with E-state index in [1.807, 2.05) is 61.5 Å². The number of nitrogens with zero attached hydrogens (tertiary/aromatic N) is 4. The number of hydrogen-bond donors (Lipinski definition) is 1. The molecule has 1 atom stereocenters. The summed E-state index contributed by atoms with van der Waals surface area (Å²) in [6.07, 6.45) is 0. The van der Waals surface area contributed by atoms with E-state index in [0.717, 1.165) is 22.4 Å². The summed E-state index contributed by atoms with van der Waals surface area (Å²) in [5, 5.41) is 4.34. The quantitative estimate of drug-likeness (QED) is 0.425. The van der Waals surface area contributed by atoms with Gasteiger partial charge in [-0.2, -0.15) is 4.31 Å². The van der Waals surface area contributed by atoms with Crippen LogP contribution in [-0.2, 0) is 10.0 Å². The molecule has 9 heteroatoms. The van der Waals surface area contributed by atoms with Gasteiger partial charge < -0.3 is 5.32 Å². The van der Waals surface area contributed by atoms with Crippen LogP contribution in [0.15, 0.2) is 83.8 Å². The van der Waals surface area contributed by atoms with E-state index in [-0.39, 0.29) is 10.9 Å². The maximum Gasteiger partial charge on any atom is 0.243 e. The molecule has 180 valence electrons. The number of rotatable bonds is 6.